The quantitative estimate of drug-likeness (QED) is 0.708. The summed E-state index contributed by atoms with van der Waals surface area (Å²) in [5.41, 5.74) is 0. The molecule has 0 heterocycles. The largest absolute Gasteiger partial charge is 0.353 e. The number of rotatable bonds is 7. The van der Waals surface area contributed by atoms with Crippen LogP contribution >= 0.6 is 23.0 Å². The first-order valence-corrected chi connectivity index (χ1v) is 5.35. The maximum absolute atomic E-state index is 10.9. The Morgan fingerprint density at radius 2 is 2.08 bits per heavy atom. The van der Waals surface area contributed by atoms with Gasteiger partial charge in [0.15, 0.2) is 0 Å². The van der Waals surface area contributed by atoms with E-state index in [1.54, 1.807) is 23.0 Å². The molecular weight excluding hydrogens is 283 g/mol. The fourth-order valence-electron chi connectivity index (χ4n) is 0.994. The zero-order valence-electron chi connectivity index (χ0n) is 8.18. The average molecular weight is 300 g/mol. The number of hydrogen-bond acceptors (Lipinski definition) is 3. The summed E-state index contributed by atoms with van der Waals surface area (Å²) >= 11 is 1.71. The Morgan fingerprint density at radius 3 is 2.54 bits per heavy atom. The molecule has 0 saturated heterocycles. The molecule has 0 radical (unpaired) electrons. The van der Waals surface area contributed by atoms with E-state index in [4.69, 9.17) is 0 Å². The predicted octanol–water partition coefficient (Wildman–Crippen LogP) is 0.811. The van der Waals surface area contributed by atoms with Gasteiger partial charge in [-0.1, -0.05) is 13.8 Å². The monoisotopic (exact) mass is 300 g/mol. The molecule has 1 amide bonds. The van der Waals surface area contributed by atoms with Crippen molar-refractivity contribution in [3.05, 3.63) is 0 Å². The lowest BCUT2D eigenvalue weighted by atomic mass is 10.4. The van der Waals surface area contributed by atoms with Crippen LogP contribution in [0.1, 0.15) is 13.8 Å². The number of halogens is 1. The third-order valence-electron chi connectivity index (χ3n) is 1.83. The van der Waals surface area contributed by atoms with Gasteiger partial charge in [-0.3, -0.25) is 4.79 Å². The summed E-state index contributed by atoms with van der Waals surface area (Å²) in [5, 5.41) is 2.77. The van der Waals surface area contributed by atoms with Gasteiger partial charge in [-0.15, -0.1) is 0 Å². The molecule has 5 heteroatoms. The number of nitrogens with zero attached hydrogens (tertiary/aromatic N) is 1. The van der Waals surface area contributed by atoms with E-state index in [9.17, 15) is 4.79 Å². The van der Waals surface area contributed by atoms with Gasteiger partial charge in [-0.05, 0) is 13.1 Å². The fourth-order valence-corrected chi connectivity index (χ4v) is 1.28. The minimum absolute atomic E-state index is 0.0541. The second-order valence-corrected chi connectivity index (χ2v) is 3.25. The third kappa shape index (κ3) is 7.21. The van der Waals surface area contributed by atoms with E-state index >= 15 is 0 Å². The molecule has 13 heavy (non-hydrogen) atoms. The summed E-state index contributed by atoms with van der Waals surface area (Å²) in [5.74, 6) is -0.0541. The molecule has 0 atom stereocenters. The number of hydrogen-bond donors (Lipinski definition) is 1. The van der Waals surface area contributed by atoms with Crippen molar-refractivity contribution in [1.29, 1.82) is 0 Å². The van der Waals surface area contributed by atoms with Gasteiger partial charge in [0.1, 0.15) is 29.6 Å². The minimum Gasteiger partial charge on any atom is -0.353 e. The Hall–Kier alpha value is 0.120. The zero-order valence-corrected chi connectivity index (χ0v) is 10.3. The summed E-state index contributed by atoms with van der Waals surface area (Å²) in [6.07, 6.45) is 0. The van der Waals surface area contributed by atoms with Crippen LogP contribution in [0, 0.1) is 0 Å². The minimum atomic E-state index is -0.0541. The molecule has 0 rings (SSSR count). The van der Waals surface area contributed by atoms with Crippen molar-refractivity contribution in [2.24, 2.45) is 0 Å². The molecule has 4 nitrogen and oxygen atoms in total. The van der Waals surface area contributed by atoms with Gasteiger partial charge < -0.3 is 13.3 Å². The van der Waals surface area contributed by atoms with Crippen LogP contribution in [0.3, 0.4) is 0 Å². The zero-order chi connectivity index (χ0) is 10.1. The van der Waals surface area contributed by atoms with Gasteiger partial charge in [0.25, 0.3) is 0 Å². The molecule has 0 aliphatic carbocycles. The van der Waals surface area contributed by atoms with E-state index in [-0.39, 0.29) is 12.5 Å². The standard InChI is InChI=1S/C8H17IN2O2/c1-3-11(4-2)6-5-10-8(12)7-13-9/h3-7H2,1-2H3,(H,10,12). The molecule has 0 aliphatic rings. The Morgan fingerprint density at radius 1 is 1.46 bits per heavy atom. The summed E-state index contributed by atoms with van der Waals surface area (Å²) in [6.45, 7) is 8.00. The highest BCUT2D eigenvalue weighted by Crippen LogP contribution is 1.86. The molecule has 1 N–H and O–H groups in total. The fraction of sp³-hybridized carbons (Fsp3) is 0.875. The van der Waals surface area contributed by atoms with Crippen molar-refractivity contribution < 1.29 is 7.86 Å². The summed E-state index contributed by atoms with van der Waals surface area (Å²) in [4.78, 5) is 13.2. The first-order valence-electron chi connectivity index (χ1n) is 4.47. The molecule has 0 aromatic heterocycles. The van der Waals surface area contributed by atoms with Gasteiger partial charge in [-0.2, -0.15) is 0 Å². The molecule has 0 aromatic carbocycles. The molecule has 0 aliphatic heterocycles. The maximum Gasteiger partial charge on any atom is 0.247 e. The van der Waals surface area contributed by atoms with Crippen molar-refractivity contribution in [3.8, 4) is 0 Å². The summed E-state index contributed by atoms with van der Waals surface area (Å²) in [6, 6.07) is 0. The predicted molar refractivity (Wildman–Crippen MR) is 60.8 cm³/mol. The van der Waals surface area contributed by atoms with Crippen LogP contribution in [0.15, 0.2) is 0 Å². The maximum atomic E-state index is 10.9. The Balaban J connectivity index is 3.37. The number of carbonyl (C=O) groups is 1. The van der Waals surface area contributed by atoms with Crippen LogP contribution in [-0.2, 0) is 7.86 Å². The van der Waals surface area contributed by atoms with Gasteiger partial charge in [0, 0.05) is 13.1 Å². The lowest BCUT2D eigenvalue weighted by Crippen LogP contribution is -2.35. The molecule has 78 valence electrons. The highest BCUT2D eigenvalue weighted by Gasteiger charge is 2.01. The molecule has 0 aromatic rings. The number of likely N-dealkylation sites (N-methyl/N-ethyl adjacent to an activating group) is 1. The summed E-state index contributed by atoms with van der Waals surface area (Å²) in [7, 11) is 0. The highest BCUT2D eigenvalue weighted by molar-refractivity contribution is 14.1. The van der Waals surface area contributed by atoms with E-state index in [1.165, 1.54) is 0 Å². The van der Waals surface area contributed by atoms with Crippen molar-refractivity contribution in [2.75, 3.05) is 32.8 Å². The van der Waals surface area contributed by atoms with Crippen LogP contribution in [0.25, 0.3) is 0 Å². The first-order chi connectivity index (χ1) is 6.24. The smallest absolute Gasteiger partial charge is 0.247 e. The third-order valence-corrected chi connectivity index (χ3v) is 2.14. The molecule has 0 bridgehead atoms. The molecule has 0 fully saturated rings. The van der Waals surface area contributed by atoms with Gasteiger partial charge >= 0.3 is 0 Å². The van der Waals surface area contributed by atoms with E-state index in [0.29, 0.717) is 6.54 Å². The van der Waals surface area contributed by atoms with Gasteiger partial charge in [0.2, 0.25) is 5.91 Å². The Bertz CT molecular complexity index is 140. The van der Waals surface area contributed by atoms with Gasteiger partial charge in [0.05, 0.1) is 0 Å². The number of amides is 1. The van der Waals surface area contributed by atoms with Crippen LogP contribution in [-0.4, -0.2) is 43.6 Å². The highest BCUT2D eigenvalue weighted by atomic mass is 127. The molecule has 0 unspecified atom stereocenters. The van der Waals surface area contributed by atoms with Gasteiger partial charge in [-0.25, -0.2) is 0 Å². The van der Waals surface area contributed by atoms with E-state index in [2.05, 4.69) is 27.1 Å². The van der Waals surface area contributed by atoms with Crippen molar-refractivity contribution in [1.82, 2.24) is 10.2 Å². The number of carbonyl (C=O) groups excluding carboxylic acids is 1. The second-order valence-electron chi connectivity index (χ2n) is 2.63. The molecular formula is C8H17IN2O2. The normalized spacial score (nSPS) is 10.5. The van der Waals surface area contributed by atoms with E-state index in [0.717, 1.165) is 19.6 Å². The molecule has 0 spiro atoms. The van der Waals surface area contributed by atoms with E-state index < -0.39 is 0 Å². The summed E-state index contributed by atoms with van der Waals surface area (Å²) < 4.78 is 4.66. The molecule has 0 saturated carbocycles. The Kier molecular flexibility index (Phi) is 8.79. The lowest BCUT2D eigenvalue weighted by molar-refractivity contribution is -0.122. The average Bonchev–Trinajstić information content (AvgIpc) is 2.13. The van der Waals surface area contributed by atoms with Crippen molar-refractivity contribution in [2.45, 2.75) is 13.8 Å². The lowest BCUT2D eigenvalue weighted by Gasteiger charge is -2.17. The first kappa shape index (κ1) is 13.1. The Labute approximate surface area is 93.7 Å². The van der Waals surface area contributed by atoms with Crippen LogP contribution < -0.4 is 5.32 Å². The number of nitrogens with one attached hydrogen (secondary N) is 1. The topological polar surface area (TPSA) is 41.6 Å². The van der Waals surface area contributed by atoms with Crippen LogP contribution in [0.5, 0.6) is 0 Å². The van der Waals surface area contributed by atoms with Crippen LogP contribution in [0.2, 0.25) is 0 Å². The SMILES string of the molecule is CCN(CC)CCNC(=O)COI. The van der Waals surface area contributed by atoms with Crippen molar-refractivity contribution in [3.63, 3.8) is 0 Å². The second kappa shape index (κ2) is 8.71. The van der Waals surface area contributed by atoms with Crippen LogP contribution in [0.4, 0.5) is 0 Å². The van der Waals surface area contributed by atoms with Crippen molar-refractivity contribution >= 4 is 28.9 Å². The van der Waals surface area contributed by atoms with E-state index in [1.807, 2.05) is 0 Å².